The zero-order valence-electron chi connectivity index (χ0n) is 8.66. The summed E-state index contributed by atoms with van der Waals surface area (Å²) in [5.74, 6) is -1.46. The van der Waals surface area contributed by atoms with Crippen LogP contribution in [0.25, 0.3) is 0 Å². The average Bonchev–Trinajstić information content (AvgIpc) is 2.28. The summed E-state index contributed by atoms with van der Waals surface area (Å²) in [5, 5.41) is 17.8. The summed E-state index contributed by atoms with van der Waals surface area (Å²) in [6.07, 6.45) is 0. The second-order valence-electron chi connectivity index (χ2n) is 2.97. The molecule has 16 heavy (non-hydrogen) atoms. The number of rotatable bonds is 3. The molecule has 5 heteroatoms. The molecule has 0 spiro atoms. The second-order valence-corrected chi connectivity index (χ2v) is 2.97. The molecule has 0 heterocycles. The summed E-state index contributed by atoms with van der Waals surface area (Å²) in [4.78, 5) is 11.4. The maximum atomic E-state index is 13.1. The quantitative estimate of drug-likeness (QED) is 0.785. The van der Waals surface area contributed by atoms with Crippen LogP contribution in [0.3, 0.4) is 0 Å². The van der Waals surface area contributed by atoms with Gasteiger partial charge < -0.3 is 9.84 Å². The van der Waals surface area contributed by atoms with Gasteiger partial charge in [0.15, 0.2) is 0 Å². The van der Waals surface area contributed by atoms with Crippen molar-refractivity contribution < 1.29 is 19.0 Å². The van der Waals surface area contributed by atoms with Crippen LogP contribution >= 0.6 is 0 Å². The van der Waals surface area contributed by atoms with Gasteiger partial charge in [0, 0.05) is 5.56 Å². The Labute approximate surface area is 91.9 Å². The molecule has 1 rings (SSSR count). The molecule has 1 aromatic carbocycles. The fraction of sp³-hybridized carbons (Fsp3) is 0.273. The van der Waals surface area contributed by atoms with Gasteiger partial charge in [-0.05, 0) is 19.1 Å². The van der Waals surface area contributed by atoms with Crippen LogP contribution < -0.4 is 0 Å². The van der Waals surface area contributed by atoms with E-state index in [-0.39, 0.29) is 23.3 Å². The van der Waals surface area contributed by atoms with Crippen LogP contribution in [0.4, 0.5) is 4.39 Å². The number of aliphatic hydroxyl groups is 1. The number of ether oxygens (including phenoxy) is 1. The smallest absolute Gasteiger partial charge is 0.338 e. The number of nitriles is 1. The standard InChI is InChI=1S/C11H10FNO3/c1-2-16-11(15)9-4-8(12)3-7(5-13)10(9)6-14/h3-4,14H,2,6H2,1H3. The highest BCUT2D eigenvalue weighted by molar-refractivity contribution is 5.91. The van der Waals surface area contributed by atoms with E-state index < -0.39 is 18.4 Å². The van der Waals surface area contributed by atoms with E-state index in [1.807, 2.05) is 0 Å². The SMILES string of the molecule is CCOC(=O)c1cc(F)cc(C#N)c1CO. The number of halogens is 1. The number of carbonyl (C=O) groups is 1. The summed E-state index contributed by atoms with van der Waals surface area (Å²) < 4.78 is 17.8. The van der Waals surface area contributed by atoms with Gasteiger partial charge in [-0.25, -0.2) is 9.18 Å². The third kappa shape index (κ3) is 2.35. The van der Waals surface area contributed by atoms with E-state index in [4.69, 9.17) is 15.1 Å². The zero-order valence-corrected chi connectivity index (χ0v) is 8.66. The van der Waals surface area contributed by atoms with Gasteiger partial charge in [-0.2, -0.15) is 5.26 Å². The van der Waals surface area contributed by atoms with Gasteiger partial charge in [-0.15, -0.1) is 0 Å². The predicted molar refractivity (Wildman–Crippen MR) is 53.0 cm³/mol. The summed E-state index contributed by atoms with van der Waals surface area (Å²) in [5.41, 5.74) is -0.0891. The third-order valence-electron chi connectivity index (χ3n) is 1.99. The molecule has 0 bridgehead atoms. The van der Waals surface area contributed by atoms with Gasteiger partial charge in [0.25, 0.3) is 0 Å². The molecule has 4 nitrogen and oxygen atoms in total. The van der Waals surface area contributed by atoms with Crippen molar-refractivity contribution in [1.82, 2.24) is 0 Å². The number of aliphatic hydroxyl groups excluding tert-OH is 1. The molecule has 1 N–H and O–H groups in total. The molecule has 0 fully saturated rings. The fourth-order valence-corrected chi connectivity index (χ4v) is 1.30. The highest BCUT2D eigenvalue weighted by Crippen LogP contribution is 2.18. The first-order valence-electron chi connectivity index (χ1n) is 4.64. The van der Waals surface area contributed by atoms with Crippen LogP contribution in [-0.2, 0) is 11.3 Å². The van der Waals surface area contributed by atoms with E-state index >= 15 is 0 Å². The van der Waals surface area contributed by atoms with E-state index in [2.05, 4.69) is 0 Å². The van der Waals surface area contributed by atoms with E-state index in [0.717, 1.165) is 12.1 Å². The first-order chi connectivity index (χ1) is 7.63. The van der Waals surface area contributed by atoms with E-state index in [1.165, 1.54) is 0 Å². The number of hydrogen-bond donors (Lipinski definition) is 1. The van der Waals surface area contributed by atoms with Crippen molar-refractivity contribution in [2.24, 2.45) is 0 Å². The van der Waals surface area contributed by atoms with Crippen LogP contribution in [0, 0.1) is 17.1 Å². The van der Waals surface area contributed by atoms with Crippen molar-refractivity contribution in [1.29, 1.82) is 5.26 Å². The molecule has 0 aliphatic carbocycles. The Morgan fingerprint density at radius 2 is 2.31 bits per heavy atom. The maximum absolute atomic E-state index is 13.1. The summed E-state index contributed by atoms with van der Waals surface area (Å²) in [6.45, 7) is 1.24. The monoisotopic (exact) mass is 223 g/mol. The number of benzene rings is 1. The van der Waals surface area contributed by atoms with Crippen LogP contribution in [-0.4, -0.2) is 17.7 Å². The minimum Gasteiger partial charge on any atom is -0.462 e. The number of esters is 1. The third-order valence-corrected chi connectivity index (χ3v) is 1.99. The van der Waals surface area contributed by atoms with Gasteiger partial charge in [-0.3, -0.25) is 0 Å². The lowest BCUT2D eigenvalue weighted by Gasteiger charge is -2.08. The Balaban J connectivity index is 3.32. The van der Waals surface area contributed by atoms with E-state index in [1.54, 1.807) is 13.0 Å². The molecule has 0 atom stereocenters. The highest BCUT2D eigenvalue weighted by Gasteiger charge is 2.17. The minimum atomic E-state index is -0.748. The molecule has 84 valence electrons. The van der Waals surface area contributed by atoms with Gasteiger partial charge in [0.2, 0.25) is 0 Å². The molecule has 0 unspecified atom stereocenters. The van der Waals surface area contributed by atoms with Crippen molar-refractivity contribution >= 4 is 5.97 Å². The molecule has 0 radical (unpaired) electrons. The number of nitrogens with zero attached hydrogens (tertiary/aromatic N) is 1. The number of carbonyl (C=O) groups excluding carboxylic acids is 1. The molecule has 0 aromatic heterocycles. The molecule has 0 amide bonds. The van der Waals surface area contributed by atoms with Gasteiger partial charge in [0.1, 0.15) is 5.82 Å². The highest BCUT2D eigenvalue weighted by atomic mass is 19.1. The van der Waals surface area contributed by atoms with Crippen LogP contribution in [0.1, 0.15) is 28.4 Å². The zero-order chi connectivity index (χ0) is 12.1. The first-order valence-corrected chi connectivity index (χ1v) is 4.64. The van der Waals surface area contributed by atoms with Crippen molar-refractivity contribution in [3.8, 4) is 6.07 Å². The number of hydrogen-bond acceptors (Lipinski definition) is 4. The van der Waals surface area contributed by atoms with Crippen LogP contribution in [0.2, 0.25) is 0 Å². The molecular formula is C11H10FNO3. The van der Waals surface area contributed by atoms with Gasteiger partial charge >= 0.3 is 5.97 Å². The molecular weight excluding hydrogens is 213 g/mol. The lowest BCUT2D eigenvalue weighted by Crippen LogP contribution is -2.10. The molecule has 0 saturated carbocycles. The molecule has 0 saturated heterocycles. The van der Waals surface area contributed by atoms with E-state index in [9.17, 15) is 9.18 Å². The Morgan fingerprint density at radius 1 is 1.62 bits per heavy atom. The minimum absolute atomic E-state index is 0.0643. The Kier molecular flexibility index (Phi) is 3.97. The van der Waals surface area contributed by atoms with Crippen molar-refractivity contribution in [2.75, 3.05) is 6.61 Å². The van der Waals surface area contributed by atoms with Crippen molar-refractivity contribution in [3.63, 3.8) is 0 Å². The lowest BCUT2D eigenvalue weighted by molar-refractivity contribution is 0.0522. The average molecular weight is 223 g/mol. The second kappa shape index (κ2) is 5.24. The van der Waals surface area contributed by atoms with Crippen molar-refractivity contribution in [2.45, 2.75) is 13.5 Å². The topological polar surface area (TPSA) is 70.3 Å². The largest absolute Gasteiger partial charge is 0.462 e. The Hall–Kier alpha value is -1.93. The van der Waals surface area contributed by atoms with Crippen LogP contribution in [0.15, 0.2) is 12.1 Å². The normalized spacial score (nSPS) is 9.62. The molecule has 0 aliphatic heterocycles. The van der Waals surface area contributed by atoms with Gasteiger partial charge in [0.05, 0.1) is 30.4 Å². The molecule has 1 aromatic rings. The summed E-state index contributed by atoms with van der Waals surface area (Å²) in [6, 6.07) is 3.63. The predicted octanol–water partition coefficient (Wildman–Crippen LogP) is 1.37. The first kappa shape index (κ1) is 12.1. The van der Waals surface area contributed by atoms with E-state index in [0.29, 0.717) is 0 Å². The Bertz CT molecular complexity index is 451. The van der Waals surface area contributed by atoms with Gasteiger partial charge in [-0.1, -0.05) is 0 Å². The Morgan fingerprint density at radius 3 is 2.81 bits per heavy atom. The fourth-order valence-electron chi connectivity index (χ4n) is 1.30. The lowest BCUT2D eigenvalue weighted by atomic mass is 10.0. The van der Waals surface area contributed by atoms with Crippen molar-refractivity contribution in [3.05, 3.63) is 34.6 Å². The van der Waals surface area contributed by atoms with Crippen LogP contribution in [0.5, 0.6) is 0 Å². The molecule has 0 aliphatic rings. The summed E-state index contributed by atoms with van der Waals surface area (Å²) in [7, 11) is 0. The maximum Gasteiger partial charge on any atom is 0.338 e. The summed E-state index contributed by atoms with van der Waals surface area (Å²) >= 11 is 0.